The van der Waals surface area contributed by atoms with E-state index in [2.05, 4.69) is 9.36 Å². The van der Waals surface area contributed by atoms with Crippen molar-refractivity contribution in [1.82, 2.24) is 9.36 Å². The van der Waals surface area contributed by atoms with E-state index in [-0.39, 0.29) is 0 Å². The number of hydrogen-bond donors (Lipinski definition) is 0. The maximum Gasteiger partial charge on any atom is 0.170 e. The van der Waals surface area contributed by atoms with Crippen LogP contribution < -0.4 is 0 Å². The second-order valence-corrected chi connectivity index (χ2v) is 4.23. The van der Waals surface area contributed by atoms with E-state index in [9.17, 15) is 4.79 Å². The molecular formula is C7H10N2OS2. The van der Waals surface area contributed by atoms with E-state index in [0.717, 1.165) is 28.6 Å². The lowest BCUT2D eigenvalue weighted by molar-refractivity contribution is -0.107. The van der Waals surface area contributed by atoms with Gasteiger partial charge in [-0.05, 0) is 11.5 Å². The highest BCUT2D eigenvalue weighted by molar-refractivity contribution is 8.00. The highest BCUT2D eigenvalue weighted by atomic mass is 32.2. The molecule has 1 aromatic rings. The van der Waals surface area contributed by atoms with E-state index in [0.29, 0.717) is 6.42 Å². The Labute approximate surface area is 79.8 Å². The zero-order valence-electron chi connectivity index (χ0n) is 6.82. The Balaban J connectivity index is 2.36. The van der Waals surface area contributed by atoms with Crippen LogP contribution in [-0.2, 0) is 11.2 Å². The second kappa shape index (κ2) is 5.27. The molecule has 0 bridgehead atoms. The monoisotopic (exact) mass is 202 g/mol. The van der Waals surface area contributed by atoms with Crippen LogP contribution in [0.2, 0.25) is 0 Å². The number of hydrogen-bond acceptors (Lipinski definition) is 5. The Morgan fingerprint density at radius 1 is 1.67 bits per heavy atom. The average molecular weight is 202 g/mol. The van der Waals surface area contributed by atoms with Crippen molar-refractivity contribution in [3.63, 3.8) is 0 Å². The molecule has 0 aromatic carbocycles. The lowest BCUT2D eigenvalue weighted by Gasteiger charge is -1.88. The van der Waals surface area contributed by atoms with Gasteiger partial charge in [0.15, 0.2) is 4.34 Å². The second-order valence-electron chi connectivity index (χ2n) is 2.13. The van der Waals surface area contributed by atoms with Crippen LogP contribution in [-0.4, -0.2) is 21.4 Å². The van der Waals surface area contributed by atoms with E-state index >= 15 is 0 Å². The van der Waals surface area contributed by atoms with E-state index in [1.165, 1.54) is 11.5 Å². The Kier molecular flexibility index (Phi) is 4.24. The third kappa shape index (κ3) is 2.91. The molecule has 0 atom stereocenters. The minimum atomic E-state index is 0.589. The molecule has 66 valence electrons. The number of nitrogens with zero attached hydrogens (tertiary/aromatic N) is 2. The van der Waals surface area contributed by atoms with Crippen molar-refractivity contribution < 1.29 is 4.79 Å². The Morgan fingerprint density at radius 2 is 2.50 bits per heavy atom. The van der Waals surface area contributed by atoms with E-state index in [1.807, 2.05) is 6.92 Å². The van der Waals surface area contributed by atoms with Gasteiger partial charge in [0.25, 0.3) is 0 Å². The zero-order valence-corrected chi connectivity index (χ0v) is 8.45. The normalized spacial score (nSPS) is 10.1. The summed E-state index contributed by atoms with van der Waals surface area (Å²) in [5.74, 6) is 1.70. The summed E-state index contributed by atoms with van der Waals surface area (Å²) in [5.41, 5.74) is 0. The highest BCUT2D eigenvalue weighted by Gasteiger charge is 2.01. The van der Waals surface area contributed by atoms with Crippen LogP contribution in [0.3, 0.4) is 0 Å². The van der Waals surface area contributed by atoms with Gasteiger partial charge in [-0.3, -0.25) is 0 Å². The van der Waals surface area contributed by atoms with Crippen molar-refractivity contribution in [2.24, 2.45) is 0 Å². The van der Waals surface area contributed by atoms with Crippen LogP contribution in [0.4, 0.5) is 0 Å². The van der Waals surface area contributed by atoms with Crippen LogP contribution in [0.15, 0.2) is 4.34 Å². The molecule has 5 heteroatoms. The topological polar surface area (TPSA) is 42.9 Å². The Hall–Kier alpha value is -0.420. The first-order chi connectivity index (χ1) is 5.86. The molecule has 0 N–H and O–H groups in total. The predicted molar refractivity (Wildman–Crippen MR) is 50.7 cm³/mol. The third-order valence-corrected chi connectivity index (χ3v) is 3.13. The largest absolute Gasteiger partial charge is 0.303 e. The van der Waals surface area contributed by atoms with Crippen LogP contribution in [0, 0.1) is 0 Å². The molecule has 0 fully saturated rings. The molecule has 0 unspecified atom stereocenters. The number of aromatic nitrogens is 2. The molecule has 0 spiro atoms. The Bertz CT molecular complexity index is 249. The number of rotatable bonds is 5. The maximum atomic E-state index is 10.0. The van der Waals surface area contributed by atoms with Gasteiger partial charge in [0.05, 0.1) is 0 Å². The summed E-state index contributed by atoms with van der Waals surface area (Å²) in [4.78, 5) is 14.3. The number of thioether (sulfide) groups is 1. The molecule has 3 nitrogen and oxygen atoms in total. The van der Waals surface area contributed by atoms with Gasteiger partial charge in [0, 0.05) is 18.6 Å². The molecule has 1 heterocycles. The van der Waals surface area contributed by atoms with E-state index in [1.54, 1.807) is 11.8 Å². The van der Waals surface area contributed by atoms with Crippen molar-refractivity contribution >= 4 is 29.6 Å². The number of aryl methyl sites for hydroxylation is 1. The van der Waals surface area contributed by atoms with Gasteiger partial charge >= 0.3 is 0 Å². The van der Waals surface area contributed by atoms with Gasteiger partial charge in [-0.25, -0.2) is 4.98 Å². The maximum absolute atomic E-state index is 10.0. The van der Waals surface area contributed by atoms with Gasteiger partial charge in [0.2, 0.25) is 0 Å². The van der Waals surface area contributed by atoms with Crippen molar-refractivity contribution in [1.29, 1.82) is 0 Å². The first-order valence-corrected chi connectivity index (χ1v) is 5.51. The minimum absolute atomic E-state index is 0.589. The van der Waals surface area contributed by atoms with Crippen LogP contribution in [0.1, 0.15) is 19.2 Å². The smallest absolute Gasteiger partial charge is 0.170 e. The number of carbonyl (C=O) groups excluding carboxylic acids is 1. The van der Waals surface area contributed by atoms with E-state index < -0.39 is 0 Å². The molecule has 1 rings (SSSR count). The standard InChI is InChI=1S/C7H10N2OS2/c1-2-6-8-7(12-9-6)11-5-3-4-10/h4H,2-3,5H2,1H3. The number of aldehydes is 1. The molecule has 0 aliphatic heterocycles. The summed E-state index contributed by atoms with van der Waals surface area (Å²) in [6.07, 6.45) is 2.39. The van der Waals surface area contributed by atoms with Crippen molar-refractivity contribution in [2.75, 3.05) is 5.75 Å². The summed E-state index contributed by atoms with van der Waals surface area (Å²) in [6.45, 7) is 2.03. The van der Waals surface area contributed by atoms with Gasteiger partial charge in [-0.15, -0.1) is 0 Å². The van der Waals surface area contributed by atoms with Crippen molar-refractivity contribution in [3.8, 4) is 0 Å². The average Bonchev–Trinajstić information content (AvgIpc) is 2.53. The molecule has 0 saturated carbocycles. The molecule has 0 radical (unpaired) electrons. The first kappa shape index (κ1) is 9.67. The lowest BCUT2D eigenvalue weighted by Crippen LogP contribution is -1.82. The molecule has 0 aliphatic rings. The summed E-state index contributed by atoms with van der Waals surface area (Å²) in [5, 5.41) is 0. The molecular weight excluding hydrogens is 192 g/mol. The quantitative estimate of drug-likeness (QED) is 0.415. The zero-order chi connectivity index (χ0) is 8.81. The lowest BCUT2D eigenvalue weighted by atomic mass is 10.5. The van der Waals surface area contributed by atoms with Gasteiger partial charge in [-0.2, -0.15) is 4.37 Å². The van der Waals surface area contributed by atoms with Crippen LogP contribution in [0.25, 0.3) is 0 Å². The van der Waals surface area contributed by atoms with Crippen molar-refractivity contribution in [2.45, 2.75) is 24.1 Å². The summed E-state index contributed by atoms with van der Waals surface area (Å²) < 4.78 is 5.10. The van der Waals surface area contributed by atoms with Gasteiger partial charge in [-0.1, -0.05) is 18.7 Å². The van der Waals surface area contributed by atoms with Crippen LogP contribution in [0.5, 0.6) is 0 Å². The van der Waals surface area contributed by atoms with E-state index in [4.69, 9.17) is 0 Å². The molecule has 1 aromatic heterocycles. The fourth-order valence-corrected chi connectivity index (χ4v) is 2.27. The summed E-state index contributed by atoms with van der Waals surface area (Å²) >= 11 is 3.01. The fraction of sp³-hybridized carbons (Fsp3) is 0.571. The third-order valence-electron chi connectivity index (χ3n) is 1.23. The Morgan fingerprint density at radius 3 is 3.08 bits per heavy atom. The SMILES string of the molecule is CCc1nsc(SCCC=O)n1. The van der Waals surface area contributed by atoms with Crippen LogP contribution >= 0.6 is 23.3 Å². The molecule has 0 saturated heterocycles. The summed E-state index contributed by atoms with van der Waals surface area (Å²) in [7, 11) is 0. The molecule has 0 aliphatic carbocycles. The first-order valence-electron chi connectivity index (χ1n) is 3.75. The predicted octanol–water partition coefficient (Wildman–Crippen LogP) is 1.78. The number of carbonyl (C=O) groups is 1. The molecule has 0 amide bonds. The molecule has 12 heavy (non-hydrogen) atoms. The van der Waals surface area contributed by atoms with Crippen molar-refractivity contribution in [3.05, 3.63) is 5.82 Å². The van der Waals surface area contributed by atoms with Gasteiger partial charge in [0.1, 0.15) is 12.1 Å². The fourth-order valence-electron chi connectivity index (χ4n) is 0.635. The summed E-state index contributed by atoms with van der Waals surface area (Å²) in [6, 6.07) is 0. The minimum Gasteiger partial charge on any atom is -0.303 e. The highest BCUT2D eigenvalue weighted by Crippen LogP contribution is 2.20. The van der Waals surface area contributed by atoms with Gasteiger partial charge < -0.3 is 4.79 Å².